The predicted molar refractivity (Wildman–Crippen MR) is 152 cm³/mol. The van der Waals surface area contributed by atoms with E-state index in [0.717, 1.165) is 42.8 Å². The van der Waals surface area contributed by atoms with Gasteiger partial charge in [0, 0.05) is 65.5 Å². The third-order valence-electron chi connectivity index (χ3n) is 8.54. The van der Waals surface area contributed by atoms with E-state index in [2.05, 4.69) is 15.6 Å². The molecule has 1 aliphatic heterocycles. The molecule has 1 aromatic heterocycles. The number of aromatic nitrogens is 1. The highest BCUT2D eigenvalue weighted by atomic mass is 35.5. The number of thioether (sulfide) groups is 1. The molecule has 11 heteroatoms. The second-order valence-corrected chi connectivity index (χ2v) is 12.8. The van der Waals surface area contributed by atoms with Gasteiger partial charge in [0.1, 0.15) is 0 Å². The lowest BCUT2D eigenvalue weighted by atomic mass is 9.78. The Labute approximate surface area is 242 Å². The Hall–Kier alpha value is -2.30. The van der Waals surface area contributed by atoms with E-state index in [1.165, 1.54) is 11.8 Å². The van der Waals surface area contributed by atoms with Gasteiger partial charge in [-0.25, -0.2) is 8.78 Å². The van der Waals surface area contributed by atoms with Crippen molar-refractivity contribution < 1.29 is 23.0 Å². The van der Waals surface area contributed by atoms with Gasteiger partial charge in [0.25, 0.3) is 23.2 Å². The Morgan fingerprint density at radius 1 is 1.15 bits per heavy atom. The van der Waals surface area contributed by atoms with Crippen LogP contribution < -0.4 is 25.7 Å². The average molecular weight is 596 g/mol. The number of ether oxygens (including phenoxy) is 2. The van der Waals surface area contributed by atoms with Crippen LogP contribution >= 0.6 is 23.4 Å². The number of halogens is 3. The molecule has 40 heavy (non-hydrogen) atoms. The van der Waals surface area contributed by atoms with Crippen molar-refractivity contribution in [2.45, 2.75) is 88.5 Å². The van der Waals surface area contributed by atoms with Gasteiger partial charge in [0.15, 0.2) is 11.5 Å². The Bertz CT molecular complexity index is 1350. The van der Waals surface area contributed by atoms with Gasteiger partial charge in [0.05, 0.1) is 5.02 Å². The van der Waals surface area contributed by atoms with E-state index in [4.69, 9.17) is 21.1 Å². The SMILES string of the molecule is CSc1cc(C)[nH]c(=O)c1CNC(=O)c1cc(Cl)c2c(c1C)OC(C)([C@H]1CC[C@H](CNC3CC(F)(F)C3)CC1)O2. The normalized spacial score (nSPS) is 25.5. The van der Waals surface area contributed by atoms with Gasteiger partial charge in [-0.05, 0) is 70.4 Å². The molecule has 2 aromatic rings. The van der Waals surface area contributed by atoms with Crippen LogP contribution in [0.3, 0.4) is 0 Å². The number of carbonyl (C=O) groups is 1. The minimum atomic E-state index is -2.51. The van der Waals surface area contributed by atoms with E-state index in [1.54, 1.807) is 13.0 Å². The van der Waals surface area contributed by atoms with Crippen LogP contribution in [0.25, 0.3) is 0 Å². The van der Waals surface area contributed by atoms with Gasteiger partial charge in [-0.1, -0.05) is 11.6 Å². The van der Waals surface area contributed by atoms with Gasteiger partial charge >= 0.3 is 0 Å². The summed E-state index contributed by atoms with van der Waals surface area (Å²) in [6.45, 7) is 6.37. The van der Waals surface area contributed by atoms with E-state index in [1.807, 2.05) is 26.2 Å². The molecule has 0 spiro atoms. The molecular formula is C29H36ClF2N3O4S. The first-order chi connectivity index (χ1) is 18.9. The smallest absolute Gasteiger partial charge is 0.254 e. The third-order valence-corrected chi connectivity index (χ3v) is 9.63. The summed E-state index contributed by atoms with van der Waals surface area (Å²) in [6, 6.07) is 3.39. The Morgan fingerprint density at radius 3 is 2.48 bits per heavy atom. The van der Waals surface area contributed by atoms with Crippen LogP contribution in [0.2, 0.25) is 5.02 Å². The zero-order valence-electron chi connectivity index (χ0n) is 23.2. The number of hydrogen-bond donors (Lipinski definition) is 3. The summed E-state index contributed by atoms with van der Waals surface area (Å²) in [5.41, 5.74) is 2.02. The van der Waals surface area contributed by atoms with E-state index in [0.29, 0.717) is 39.1 Å². The van der Waals surface area contributed by atoms with Crippen molar-refractivity contribution in [3.63, 3.8) is 0 Å². The summed E-state index contributed by atoms with van der Waals surface area (Å²) in [5, 5.41) is 6.45. The first-order valence-electron chi connectivity index (χ1n) is 13.8. The van der Waals surface area contributed by atoms with Crippen LogP contribution in [0.1, 0.15) is 72.6 Å². The molecule has 2 fully saturated rings. The number of pyridine rings is 1. The number of alkyl halides is 2. The number of H-pyrrole nitrogens is 1. The molecule has 3 N–H and O–H groups in total. The zero-order valence-corrected chi connectivity index (χ0v) is 24.8. The number of amides is 1. The third kappa shape index (κ3) is 5.85. The van der Waals surface area contributed by atoms with E-state index >= 15 is 0 Å². The standard InChI is InChI=1S/C29H36ClF2N3O4S/c1-15-9-23(40-4)21(27(37)35-15)14-34-26(36)20-10-22(30)25-24(16(20)2)38-28(3,39-25)18-7-5-17(6-8-18)13-33-19-11-29(31,32)12-19/h9-10,17-19,33H,5-8,11-14H2,1-4H3,(H,34,36)(H,35,37)/t17-,18-,28?. The summed E-state index contributed by atoms with van der Waals surface area (Å²) in [5.74, 6) is -2.32. The fraction of sp³-hybridized carbons (Fsp3) is 0.586. The monoisotopic (exact) mass is 595 g/mol. The van der Waals surface area contributed by atoms with E-state index in [-0.39, 0.29) is 42.8 Å². The minimum absolute atomic E-state index is 0.0659. The molecule has 0 bridgehead atoms. The molecule has 0 saturated heterocycles. The van der Waals surface area contributed by atoms with Gasteiger partial charge in [-0.3, -0.25) is 9.59 Å². The number of hydrogen-bond acceptors (Lipinski definition) is 6. The summed E-state index contributed by atoms with van der Waals surface area (Å²) in [7, 11) is 0. The number of carbonyl (C=O) groups excluding carboxylic acids is 1. The number of benzene rings is 1. The van der Waals surface area contributed by atoms with Crippen molar-refractivity contribution in [3.8, 4) is 11.5 Å². The van der Waals surface area contributed by atoms with Crippen molar-refractivity contribution in [1.29, 1.82) is 0 Å². The fourth-order valence-electron chi connectivity index (χ4n) is 6.08. The van der Waals surface area contributed by atoms with Crippen LogP contribution in [-0.2, 0) is 6.54 Å². The molecule has 2 heterocycles. The Morgan fingerprint density at radius 2 is 1.82 bits per heavy atom. The van der Waals surface area contributed by atoms with Crippen molar-refractivity contribution in [3.05, 3.63) is 49.9 Å². The van der Waals surface area contributed by atoms with Crippen LogP contribution in [-0.4, -0.2) is 41.4 Å². The molecule has 1 amide bonds. The molecule has 1 atom stereocenters. The molecule has 7 nitrogen and oxygen atoms in total. The van der Waals surface area contributed by atoms with Crippen molar-refractivity contribution in [2.75, 3.05) is 12.8 Å². The molecule has 218 valence electrons. The van der Waals surface area contributed by atoms with Gasteiger partial charge in [-0.2, -0.15) is 0 Å². The summed E-state index contributed by atoms with van der Waals surface area (Å²) < 4.78 is 38.9. The lowest BCUT2D eigenvalue weighted by Crippen LogP contribution is -2.50. The van der Waals surface area contributed by atoms with Crippen molar-refractivity contribution >= 4 is 29.3 Å². The number of aromatic amines is 1. The molecule has 5 rings (SSSR count). The maximum Gasteiger partial charge on any atom is 0.254 e. The second-order valence-electron chi connectivity index (χ2n) is 11.5. The average Bonchev–Trinajstić information content (AvgIpc) is 3.27. The van der Waals surface area contributed by atoms with Crippen LogP contribution in [0, 0.1) is 25.7 Å². The Balaban J connectivity index is 1.22. The summed E-state index contributed by atoms with van der Waals surface area (Å²) in [4.78, 5) is 29.3. The first-order valence-corrected chi connectivity index (χ1v) is 15.4. The maximum atomic E-state index is 13.2. The number of rotatable bonds is 8. The quantitative estimate of drug-likeness (QED) is 0.325. The topological polar surface area (TPSA) is 92.5 Å². The van der Waals surface area contributed by atoms with Crippen molar-refractivity contribution in [2.24, 2.45) is 11.8 Å². The summed E-state index contributed by atoms with van der Waals surface area (Å²) >= 11 is 8.05. The minimum Gasteiger partial charge on any atom is -0.448 e. The Kier molecular flexibility index (Phi) is 8.16. The predicted octanol–water partition coefficient (Wildman–Crippen LogP) is 5.98. The molecule has 1 unspecified atom stereocenters. The highest BCUT2D eigenvalue weighted by Crippen LogP contribution is 2.52. The lowest BCUT2D eigenvalue weighted by Gasteiger charge is -2.39. The van der Waals surface area contributed by atoms with Gasteiger partial charge in [0.2, 0.25) is 0 Å². The van der Waals surface area contributed by atoms with E-state index in [9.17, 15) is 18.4 Å². The largest absolute Gasteiger partial charge is 0.448 e. The zero-order chi connectivity index (χ0) is 28.8. The molecule has 1 aromatic carbocycles. The van der Waals surface area contributed by atoms with E-state index < -0.39 is 11.7 Å². The molecule has 0 radical (unpaired) electrons. The molecule has 3 aliphatic rings. The molecule has 2 saturated carbocycles. The fourth-order valence-corrected chi connectivity index (χ4v) is 7.02. The number of fused-ring (bicyclic) bond motifs is 1. The highest BCUT2D eigenvalue weighted by Gasteiger charge is 2.48. The molecule has 2 aliphatic carbocycles. The van der Waals surface area contributed by atoms with Gasteiger partial charge < -0.3 is 25.1 Å². The van der Waals surface area contributed by atoms with Crippen molar-refractivity contribution in [1.82, 2.24) is 15.6 Å². The second kappa shape index (κ2) is 11.2. The van der Waals surface area contributed by atoms with Crippen LogP contribution in [0.15, 0.2) is 21.8 Å². The lowest BCUT2D eigenvalue weighted by molar-refractivity contribution is -0.123. The first kappa shape index (κ1) is 29.2. The number of nitrogens with one attached hydrogen (secondary N) is 3. The summed E-state index contributed by atoms with van der Waals surface area (Å²) in [6.07, 6.45) is 5.43. The highest BCUT2D eigenvalue weighted by molar-refractivity contribution is 7.98. The van der Waals surface area contributed by atoms with Crippen LogP contribution in [0.4, 0.5) is 8.78 Å². The number of aryl methyl sites for hydroxylation is 1. The molecular weight excluding hydrogens is 560 g/mol. The van der Waals surface area contributed by atoms with Gasteiger partial charge in [-0.15, -0.1) is 11.8 Å². The van der Waals surface area contributed by atoms with Crippen LogP contribution in [0.5, 0.6) is 11.5 Å². The maximum absolute atomic E-state index is 13.2.